The topological polar surface area (TPSA) is 114 Å². The van der Waals surface area contributed by atoms with Crippen molar-refractivity contribution in [3.8, 4) is 11.3 Å². The van der Waals surface area contributed by atoms with Gasteiger partial charge in [-0.1, -0.05) is 12.1 Å². The first-order valence-electron chi connectivity index (χ1n) is 5.33. The molecule has 3 amide bonds. The zero-order chi connectivity index (χ0) is 14.0. The maximum atomic E-state index is 11.4. The molecule has 6 N–H and O–H groups in total. The van der Waals surface area contributed by atoms with Gasteiger partial charge in [0.25, 0.3) is 5.91 Å². The van der Waals surface area contributed by atoms with E-state index in [2.05, 4.69) is 26.2 Å². The smallest absolute Gasteiger partial charge is 0.316 e. The predicted octanol–water partition coefficient (Wildman–Crippen LogP) is 2.03. The van der Waals surface area contributed by atoms with Crippen LogP contribution < -0.4 is 16.8 Å². The number of amides is 3. The molecule has 2 rings (SSSR count). The third kappa shape index (κ3) is 2.60. The van der Waals surface area contributed by atoms with Gasteiger partial charge in [0.15, 0.2) is 0 Å². The predicted molar refractivity (Wildman–Crippen MR) is 75.7 cm³/mol. The zero-order valence-electron chi connectivity index (χ0n) is 9.74. The fraction of sp³-hybridized carbons (Fsp3) is 0. The summed E-state index contributed by atoms with van der Waals surface area (Å²) in [7, 11) is 0. The first kappa shape index (κ1) is 13.2. The number of nitrogens with one attached hydrogen (secondary N) is 2. The van der Waals surface area contributed by atoms with Crippen LogP contribution in [-0.4, -0.2) is 16.9 Å². The van der Waals surface area contributed by atoms with Crippen LogP contribution in [0.4, 0.5) is 10.5 Å². The van der Waals surface area contributed by atoms with Crippen LogP contribution in [-0.2, 0) is 0 Å². The highest BCUT2D eigenvalue weighted by molar-refractivity contribution is 9.10. The minimum Gasteiger partial charge on any atom is -0.366 e. The van der Waals surface area contributed by atoms with E-state index in [1.165, 1.54) is 0 Å². The number of aromatic amines is 1. The molecule has 0 aliphatic rings. The molecule has 19 heavy (non-hydrogen) atoms. The summed E-state index contributed by atoms with van der Waals surface area (Å²) in [5, 5.41) is 2.52. The first-order valence-corrected chi connectivity index (χ1v) is 6.12. The average Bonchev–Trinajstić information content (AvgIpc) is 2.80. The van der Waals surface area contributed by atoms with Crippen molar-refractivity contribution in [3.05, 3.63) is 40.5 Å². The molecule has 0 radical (unpaired) electrons. The van der Waals surface area contributed by atoms with Gasteiger partial charge < -0.3 is 21.8 Å². The van der Waals surface area contributed by atoms with Gasteiger partial charge in [0.2, 0.25) is 0 Å². The molecule has 1 heterocycles. The molecule has 0 aliphatic carbocycles. The van der Waals surface area contributed by atoms with Gasteiger partial charge in [0, 0.05) is 16.2 Å². The Bertz CT molecular complexity index is 651. The monoisotopic (exact) mass is 322 g/mol. The highest BCUT2D eigenvalue weighted by atomic mass is 79.9. The van der Waals surface area contributed by atoms with E-state index >= 15 is 0 Å². The first-order chi connectivity index (χ1) is 9.00. The van der Waals surface area contributed by atoms with Gasteiger partial charge in [0.1, 0.15) is 0 Å². The fourth-order valence-corrected chi connectivity index (χ4v) is 2.25. The number of benzene rings is 1. The van der Waals surface area contributed by atoms with Crippen molar-refractivity contribution in [2.24, 2.45) is 11.5 Å². The van der Waals surface area contributed by atoms with Crippen molar-refractivity contribution in [1.82, 2.24) is 4.98 Å². The molecule has 1 aromatic heterocycles. The third-order valence-electron chi connectivity index (χ3n) is 2.54. The summed E-state index contributed by atoms with van der Waals surface area (Å²) < 4.78 is 0.647. The second kappa shape index (κ2) is 5.15. The Morgan fingerprint density at radius 3 is 2.58 bits per heavy atom. The average molecular weight is 323 g/mol. The molecule has 0 fully saturated rings. The van der Waals surface area contributed by atoms with Gasteiger partial charge in [0.05, 0.1) is 16.9 Å². The molecule has 7 heteroatoms. The lowest BCUT2D eigenvalue weighted by atomic mass is 10.1. The number of H-pyrrole nitrogens is 1. The summed E-state index contributed by atoms with van der Waals surface area (Å²) in [5.41, 5.74) is 12.4. The number of anilines is 1. The van der Waals surface area contributed by atoms with Crippen molar-refractivity contribution in [1.29, 1.82) is 0 Å². The Morgan fingerprint density at radius 1 is 1.21 bits per heavy atom. The van der Waals surface area contributed by atoms with Crippen LogP contribution in [0.15, 0.2) is 34.9 Å². The largest absolute Gasteiger partial charge is 0.366 e. The number of primary amides is 2. The summed E-state index contributed by atoms with van der Waals surface area (Å²) in [4.78, 5) is 25.3. The van der Waals surface area contributed by atoms with Crippen LogP contribution in [0.5, 0.6) is 0 Å². The molecule has 0 aliphatic heterocycles. The Morgan fingerprint density at radius 2 is 1.95 bits per heavy atom. The Labute approximate surface area is 117 Å². The van der Waals surface area contributed by atoms with Crippen molar-refractivity contribution in [3.63, 3.8) is 0 Å². The number of carbonyl (C=O) groups excluding carboxylic acids is 2. The second-order valence-electron chi connectivity index (χ2n) is 3.78. The highest BCUT2D eigenvalue weighted by Gasteiger charge is 2.16. The highest BCUT2D eigenvalue weighted by Crippen LogP contribution is 2.34. The normalized spacial score (nSPS) is 10.2. The lowest BCUT2D eigenvalue weighted by Gasteiger charge is -2.11. The minimum atomic E-state index is -0.694. The molecule has 0 saturated heterocycles. The Kier molecular flexibility index (Phi) is 3.57. The summed E-state index contributed by atoms with van der Waals surface area (Å²) in [6, 6.07) is 6.15. The molecule has 1 aromatic carbocycles. The van der Waals surface area contributed by atoms with Crippen LogP contribution in [0.3, 0.4) is 0 Å². The maximum Gasteiger partial charge on any atom is 0.316 e. The molecular weight excluding hydrogens is 312 g/mol. The number of rotatable bonds is 3. The van der Waals surface area contributed by atoms with Gasteiger partial charge in [-0.3, -0.25) is 4.79 Å². The molecule has 0 spiro atoms. The number of para-hydroxylation sites is 1. The van der Waals surface area contributed by atoms with E-state index in [9.17, 15) is 9.59 Å². The van der Waals surface area contributed by atoms with Gasteiger partial charge >= 0.3 is 6.03 Å². The molecule has 6 nitrogen and oxygen atoms in total. The molecule has 0 atom stereocenters. The third-order valence-corrected chi connectivity index (χ3v) is 3.20. The summed E-state index contributed by atoms with van der Waals surface area (Å²) in [6.45, 7) is 0. The number of hydrogen-bond donors (Lipinski definition) is 4. The lowest BCUT2D eigenvalue weighted by Crippen LogP contribution is -2.20. The van der Waals surface area contributed by atoms with Crippen LogP contribution in [0.1, 0.15) is 10.4 Å². The van der Waals surface area contributed by atoms with E-state index in [4.69, 9.17) is 11.5 Å². The Hall–Kier alpha value is -2.28. The van der Waals surface area contributed by atoms with E-state index in [0.717, 1.165) is 0 Å². The number of nitrogens with two attached hydrogens (primary N) is 2. The number of aromatic nitrogens is 1. The van der Waals surface area contributed by atoms with Crippen molar-refractivity contribution < 1.29 is 9.59 Å². The summed E-state index contributed by atoms with van der Waals surface area (Å²) in [5.74, 6) is -0.554. The fourth-order valence-electron chi connectivity index (χ4n) is 1.78. The molecule has 0 unspecified atom stereocenters. The molecule has 0 saturated carbocycles. The zero-order valence-corrected chi connectivity index (χ0v) is 11.3. The maximum absolute atomic E-state index is 11.4. The lowest BCUT2D eigenvalue weighted by molar-refractivity contribution is 0.100. The molecule has 2 aromatic rings. The molecule has 98 valence electrons. The van der Waals surface area contributed by atoms with Gasteiger partial charge in [-0.15, -0.1) is 0 Å². The minimum absolute atomic E-state index is 0.339. The van der Waals surface area contributed by atoms with Gasteiger partial charge in [-0.25, -0.2) is 4.79 Å². The number of halogens is 1. The standard InChI is InChI=1S/C12H11BrN4O2/c13-8-3-1-2-6(10(8)17-12(15)19)9-7(11(14)18)4-5-16-9/h1-5,16H,(H2,14,18)(H3,15,17,19). The molecule has 0 bridgehead atoms. The van der Waals surface area contributed by atoms with Crippen molar-refractivity contribution >= 4 is 33.6 Å². The van der Waals surface area contributed by atoms with E-state index in [0.29, 0.717) is 27.0 Å². The Balaban J connectivity index is 2.61. The van der Waals surface area contributed by atoms with Crippen LogP contribution in [0, 0.1) is 0 Å². The summed E-state index contributed by atoms with van der Waals surface area (Å²) in [6.07, 6.45) is 1.60. The second-order valence-corrected chi connectivity index (χ2v) is 4.64. The van der Waals surface area contributed by atoms with Crippen molar-refractivity contribution in [2.45, 2.75) is 0 Å². The van der Waals surface area contributed by atoms with Gasteiger partial charge in [-0.05, 0) is 28.1 Å². The van der Waals surface area contributed by atoms with Crippen LogP contribution >= 0.6 is 15.9 Å². The van der Waals surface area contributed by atoms with E-state index in [1.807, 2.05) is 0 Å². The van der Waals surface area contributed by atoms with Crippen LogP contribution in [0.2, 0.25) is 0 Å². The van der Waals surface area contributed by atoms with E-state index in [1.54, 1.807) is 30.5 Å². The SMILES string of the molecule is NC(=O)Nc1c(Br)cccc1-c1[nH]ccc1C(N)=O. The molecular formula is C12H11BrN4O2. The number of carbonyl (C=O) groups is 2. The van der Waals surface area contributed by atoms with Crippen LogP contribution in [0.25, 0.3) is 11.3 Å². The van der Waals surface area contributed by atoms with Gasteiger partial charge in [-0.2, -0.15) is 0 Å². The van der Waals surface area contributed by atoms with E-state index in [-0.39, 0.29) is 0 Å². The quantitative estimate of drug-likeness (QED) is 0.692. The van der Waals surface area contributed by atoms with Crippen molar-refractivity contribution in [2.75, 3.05) is 5.32 Å². The number of urea groups is 1. The number of hydrogen-bond acceptors (Lipinski definition) is 2. The van der Waals surface area contributed by atoms with E-state index < -0.39 is 11.9 Å². The summed E-state index contributed by atoms with van der Waals surface area (Å²) >= 11 is 3.32.